The van der Waals surface area contributed by atoms with Crippen molar-refractivity contribution in [1.29, 1.82) is 0 Å². The average Bonchev–Trinajstić information content (AvgIpc) is 2.65. The molecular formula is C12H12FN. The first-order valence-electron chi connectivity index (χ1n) is 4.91. The van der Waals surface area contributed by atoms with Gasteiger partial charge in [0.25, 0.3) is 0 Å². The van der Waals surface area contributed by atoms with Crippen molar-refractivity contribution in [3.63, 3.8) is 0 Å². The van der Waals surface area contributed by atoms with Crippen molar-refractivity contribution < 1.29 is 4.39 Å². The summed E-state index contributed by atoms with van der Waals surface area (Å²) in [6.07, 6.45) is 0. The van der Waals surface area contributed by atoms with Crippen LogP contribution in [0.1, 0.15) is 37.1 Å². The van der Waals surface area contributed by atoms with Crippen molar-refractivity contribution in [1.82, 2.24) is 5.32 Å². The van der Waals surface area contributed by atoms with Crippen molar-refractivity contribution in [3.05, 3.63) is 46.3 Å². The van der Waals surface area contributed by atoms with Gasteiger partial charge < -0.3 is 0 Å². The molecule has 0 spiro atoms. The normalized spacial score (nSPS) is 28.5. The summed E-state index contributed by atoms with van der Waals surface area (Å²) in [6.45, 7) is 4.28. The molecule has 0 fully saturated rings. The number of hydrogen-bond acceptors (Lipinski definition) is 1. The van der Waals surface area contributed by atoms with E-state index >= 15 is 0 Å². The van der Waals surface area contributed by atoms with Crippen molar-refractivity contribution in [3.8, 4) is 0 Å². The van der Waals surface area contributed by atoms with Gasteiger partial charge >= 0.3 is 0 Å². The van der Waals surface area contributed by atoms with Gasteiger partial charge in [-0.15, -0.1) is 0 Å². The summed E-state index contributed by atoms with van der Waals surface area (Å²) in [5.41, 5.74) is 5.12. The first-order chi connectivity index (χ1) is 6.68. The summed E-state index contributed by atoms with van der Waals surface area (Å²) in [4.78, 5) is 0. The van der Waals surface area contributed by atoms with E-state index in [-0.39, 0.29) is 11.9 Å². The van der Waals surface area contributed by atoms with Gasteiger partial charge in [0.05, 0.1) is 12.1 Å². The fourth-order valence-corrected chi connectivity index (χ4v) is 2.58. The van der Waals surface area contributed by atoms with Crippen LogP contribution < -0.4 is 5.32 Å². The van der Waals surface area contributed by atoms with Crippen LogP contribution in [0, 0.1) is 5.82 Å². The molecule has 2 heteroatoms. The lowest BCUT2D eigenvalue weighted by atomic mass is 9.87. The molecule has 2 bridgehead atoms. The summed E-state index contributed by atoms with van der Waals surface area (Å²) >= 11 is 0. The molecule has 1 nitrogen and oxygen atoms in total. The van der Waals surface area contributed by atoms with E-state index in [9.17, 15) is 4.39 Å². The van der Waals surface area contributed by atoms with Crippen LogP contribution in [0.15, 0.2) is 29.3 Å². The van der Waals surface area contributed by atoms with E-state index in [0.717, 1.165) is 5.56 Å². The predicted molar refractivity (Wildman–Crippen MR) is 53.4 cm³/mol. The minimum absolute atomic E-state index is 0.136. The zero-order chi connectivity index (χ0) is 9.87. The lowest BCUT2D eigenvalue weighted by molar-refractivity contribution is 0.621. The standard InChI is InChI=1S/C12H12FN/c1-6-7(2)12-10-5-8(13)3-4-9(10)11(6)14-12/h3-5,11-12,14H,1-2H3. The molecule has 1 aromatic rings. The number of nitrogens with one attached hydrogen (secondary N) is 1. The Morgan fingerprint density at radius 3 is 2.43 bits per heavy atom. The Hall–Kier alpha value is -1.15. The van der Waals surface area contributed by atoms with Gasteiger partial charge in [-0.05, 0) is 37.1 Å². The van der Waals surface area contributed by atoms with E-state index in [1.165, 1.54) is 16.7 Å². The van der Waals surface area contributed by atoms with Crippen LogP contribution in [-0.4, -0.2) is 0 Å². The first kappa shape index (κ1) is 8.18. The van der Waals surface area contributed by atoms with Crippen molar-refractivity contribution in [2.24, 2.45) is 0 Å². The van der Waals surface area contributed by atoms with E-state index in [1.807, 2.05) is 6.07 Å². The third kappa shape index (κ3) is 0.819. The van der Waals surface area contributed by atoms with E-state index in [0.29, 0.717) is 6.04 Å². The summed E-state index contributed by atoms with van der Waals surface area (Å²) in [5.74, 6) is -0.136. The fraction of sp³-hybridized carbons (Fsp3) is 0.333. The molecule has 14 heavy (non-hydrogen) atoms. The molecule has 2 aliphatic rings. The Labute approximate surface area is 82.6 Å². The van der Waals surface area contributed by atoms with Crippen LogP contribution in [0.25, 0.3) is 0 Å². The van der Waals surface area contributed by atoms with E-state index < -0.39 is 0 Å². The minimum Gasteiger partial charge on any atom is -0.296 e. The highest BCUT2D eigenvalue weighted by atomic mass is 19.1. The molecule has 72 valence electrons. The molecule has 0 aromatic heterocycles. The van der Waals surface area contributed by atoms with Gasteiger partial charge in [-0.25, -0.2) is 4.39 Å². The Bertz CT molecular complexity index is 448. The van der Waals surface area contributed by atoms with Crippen LogP contribution in [0.5, 0.6) is 0 Å². The smallest absolute Gasteiger partial charge is 0.123 e. The number of hydrogen-bond donors (Lipinski definition) is 1. The molecule has 2 unspecified atom stereocenters. The van der Waals surface area contributed by atoms with Crippen LogP contribution >= 0.6 is 0 Å². The second-order valence-electron chi connectivity index (χ2n) is 4.17. The van der Waals surface area contributed by atoms with Crippen molar-refractivity contribution in [2.45, 2.75) is 25.9 Å². The van der Waals surface area contributed by atoms with Crippen LogP contribution in [-0.2, 0) is 0 Å². The molecule has 0 amide bonds. The maximum absolute atomic E-state index is 13.1. The minimum atomic E-state index is -0.136. The van der Waals surface area contributed by atoms with Gasteiger partial charge in [0.1, 0.15) is 5.82 Å². The highest BCUT2D eigenvalue weighted by Gasteiger charge is 2.39. The topological polar surface area (TPSA) is 12.0 Å². The molecule has 0 saturated heterocycles. The second kappa shape index (κ2) is 2.45. The Morgan fingerprint density at radius 2 is 1.71 bits per heavy atom. The monoisotopic (exact) mass is 189 g/mol. The Balaban J connectivity index is 2.22. The van der Waals surface area contributed by atoms with E-state index in [1.54, 1.807) is 12.1 Å². The first-order valence-corrected chi connectivity index (χ1v) is 4.91. The third-order valence-electron chi connectivity index (χ3n) is 3.49. The molecule has 0 radical (unpaired) electrons. The largest absolute Gasteiger partial charge is 0.296 e. The van der Waals surface area contributed by atoms with Gasteiger partial charge in [-0.2, -0.15) is 0 Å². The van der Waals surface area contributed by atoms with Crippen LogP contribution in [0.4, 0.5) is 4.39 Å². The number of benzene rings is 1. The molecular weight excluding hydrogens is 177 g/mol. The van der Waals surface area contributed by atoms with Crippen LogP contribution in [0.2, 0.25) is 0 Å². The Kier molecular flexibility index (Phi) is 1.43. The van der Waals surface area contributed by atoms with Gasteiger partial charge in [0.15, 0.2) is 0 Å². The molecule has 0 aliphatic carbocycles. The Morgan fingerprint density at radius 1 is 1.07 bits per heavy atom. The molecule has 1 N–H and O–H groups in total. The molecule has 1 aromatic carbocycles. The SMILES string of the molecule is CC1=C(C)C2NC1c1ccc(F)cc12. The number of halogens is 1. The number of rotatable bonds is 0. The zero-order valence-electron chi connectivity index (χ0n) is 8.26. The van der Waals surface area contributed by atoms with Gasteiger partial charge in [-0.3, -0.25) is 5.32 Å². The molecule has 0 saturated carbocycles. The van der Waals surface area contributed by atoms with Gasteiger partial charge in [0, 0.05) is 0 Å². The quantitative estimate of drug-likeness (QED) is 0.619. The maximum atomic E-state index is 13.1. The lowest BCUT2D eigenvalue weighted by Gasteiger charge is -2.16. The predicted octanol–water partition coefficient (Wildman–Crippen LogP) is 2.86. The molecule has 2 atom stereocenters. The van der Waals surface area contributed by atoms with E-state index in [2.05, 4.69) is 19.2 Å². The van der Waals surface area contributed by atoms with Crippen molar-refractivity contribution in [2.75, 3.05) is 0 Å². The summed E-state index contributed by atoms with van der Waals surface area (Å²) < 4.78 is 13.1. The average molecular weight is 189 g/mol. The summed E-state index contributed by atoms with van der Waals surface area (Å²) in [6, 6.07) is 5.69. The lowest BCUT2D eigenvalue weighted by Crippen LogP contribution is -2.09. The zero-order valence-corrected chi connectivity index (χ0v) is 8.26. The summed E-state index contributed by atoms with van der Waals surface area (Å²) in [7, 11) is 0. The van der Waals surface area contributed by atoms with E-state index in [4.69, 9.17) is 0 Å². The second-order valence-corrected chi connectivity index (χ2v) is 4.17. The highest BCUT2D eigenvalue weighted by Crippen LogP contribution is 2.48. The van der Waals surface area contributed by atoms with Crippen molar-refractivity contribution >= 4 is 0 Å². The highest BCUT2D eigenvalue weighted by molar-refractivity contribution is 5.52. The van der Waals surface area contributed by atoms with Gasteiger partial charge in [0.2, 0.25) is 0 Å². The van der Waals surface area contributed by atoms with Crippen LogP contribution in [0.3, 0.4) is 0 Å². The molecule has 2 aliphatic heterocycles. The maximum Gasteiger partial charge on any atom is 0.123 e. The fourth-order valence-electron chi connectivity index (χ4n) is 2.58. The third-order valence-corrected chi connectivity index (χ3v) is 3.49. The molecule has 3 rings (SSSR count). The molecule has 2 heterocycles. The number of fused-ring (bicyclic) bond motifs is 5. The van der Waals surface area contributed by atoms with Gasteiger partial charge in [-0.1, -0.05) is 17.2 Å². The summed E-state index contributed by atoms with van der Waals surface area (Å²) in [5, 5.41) is 3.48.